The van der Waals surface area contributed by atoms with Crippen molar-refractivity contribution in [3.8, 4) is 11.5 Å². The highest BCUT2D eigenvalue weighted by atomic mass is 16.7. The molecule has 3 aromatic carbocycles. The van der Waals surface area contributed by atoms with E-state index >= 15 is 0 Å². The van der Waals surface area contributed by atoms with Crippen molar-refractivity contribution in [2.45, 2.75) is 57.1 Å². The Morgan fingerprint density at radius 3 is 2.24 bits per heavy atom. The standard InChI is InChI=1S/C30H36O8/c1-2-20-8-10-21(11-9-20)16-23-17-24(36-15-14-35-19-22-6-4-3-5-7-22)12-13-25(23)37-30-29(34)28(33)27(32)26(18-31)38-30/h3-13,17,26-34H,2,14-16,18-19H2,1H3/t26-,27-,28+,29-,30+/m1/s1. The summed E-state index contributed by atoms with van der Waals surface area (Å²) in [5.41, 5.74) is 4.18. The maximum absolute atomic E-state index is 10.4. The van der Waals surface area contributed by atoms with Gasteiger partial charge < -0.3 is 39.4 Å². The molecule has 4 rings (SSSR count). The first-order valence-corrected chi connectivity index (χ1v) is 12.9. The first-order valence-electron chi connectivity index (χ1n) is 12.9. The average molecular weight is 525 g/mol. The summed E-state index contributed by atoms with van der Waals surface area (Å²) in [4.78, 5) is 0. The van der Waals surface area contributed by atoms with Crippen molar-refractivity contribution in [1.82, 2.24) is 0 Å². The van der Waals surface area contributed by atoms with E-state index in [2.05, 4.69) is 31.2 Å². The third kappa shape index (κ3) is 7.32. The summed E-state index contributed by atoms with van der Waals surface area (Å²) in [5.74, 6) is 1.07. The van der Waals surface area contributed by atoms with Gasteiger partial charge >= 0.3 is 0 Å². The zero-order chi connectivity index (χ0) is 26.9. The van der Waals surface area contributed by atoms with Gasteiger partial charge in [0, 0.05) is 12.0 Å². The van der Waals surface area contributed by atoms with Gasteiger partial charge in [-0.2, -0.15) is 0 Å². The number of aryl methyl sites for hydroxylation is 1. The molecule has 1 heterocycles. The minimum atomic E-state index is -1.52. The van der Waals surface area contributed by atoms with Crippen molar-refractivity contribution in [2.75, 3.05) is 19.8 Å². The topological polar surface area (TPSA) is 118 Å². The summed E-state index contributed by atoms with van der Waals surface area (Å²) in [6.07, 6.45) is -5.32. The molecule has 38 heavy (non-hydrogen) atoms. The van der Waals surface area contributed by atoms with Gasteiger partial charge in [0.25, 0.3) is 0 Å². The Morgan fingerprint density at radius 2 is 1.53 bits per heavy atom. The number of aliphatic hydroxyl groups is 4. The van der Waals surface area contributed by atoms with Gasteiger partial charge in [-0.15, -0.1) is 0 Å². The van der Waals surface area contributed by atoms with Crippen molar-refractivity contribution in [3.05, 3.63) is 95.1 Å². The fourth-order valence-corrected chi connectivity index (χ4v) is 4.28. The van der Waals surface area contributed by atoms with Crippen LogP contribution in [0.3, 0.4) is 0 Å². The van der Waals surface area contributed by atoms with Crippen LogP contribution in [0.1, 0.15) is 29.2 Å². The molecule has 1 saturated heterocycles. The van der Waals surface area contributed by atoms with Crippen LogP contribution in [-0.4, -0.2) is 71.0 Å². The Kier molecular flexibility index (Phi) is 10.1. The lowest BCUT2D eigenvalue weighted by molar-refractivity contribution is -0.277. The SMILES string of the molecule is CCc1ccc(Cc2cc(OCCOCc3ccccc3)ccc2O[C@H]2O[C@H](CO)[C@@H](O)[C@H](O)[C@H]2O)cc1. The molecule has 0 bridgehead atoms. The molecule has 0 aromatic heterocycles. The average Bonchev–Trinajstić information content (AvgIpc) is 2.95. The van der Waals surface area contributed by atoms with Gasteiger partial charge in [-0.3, -0.25) is 0 Å². The third-order valence-corrected chi connectivity index (χ3v) is 6.56. The number of rotatable bonds is 12. The minimum absolute atomic E-state index is 0.365. The molecule has 4 N–H and O–H groups in total. The van der Waals surface area contributed by atoms with E-state index < -0.39 is 37.3 Å². The summed E-state index contributed by atoms with van der Waals surface area (Å²) in [5, 5.41) is 40.2. The summed E-state index contributed by atoms with van der Waals surface area (Å²) < 4.78 is 23.2. The normalized spacial score (nSPS) is 23.2. The molecule has 0 unspecified atom stereocenters. The highest BCUT2D eigenvalue weighted by Gasteiger charge is 2.44. The van der Waals surface area contributed by atoms with Crippen molar-refractivity contribution < 1.29 is 39.4 Å². The van der Waals surface area contributed by atoms with E-state index in [0.717, 1.165) is 23.1 Å². The van der Waals surface area contributed by atoms with Crippen LogP contribution in [0.5, 0.6) is 11.5 Å². The molecule has 1 fully saturated rings. The Balaban J connectivity index is 1.45. The van der Waals surface area contributed by atoms with E-state index in [4.69, 9.17) is 18.9 Å². The fourth-order valence-electron chi connectivity index (χ4n) is 4.28. The monoisotopic (exact) mass is 524 g/mol. The molecule has 0 saturated carbocycles. The van der Waals surface area contributed by atoms with Crippen molar-refractivity contribution in [1.29, 1.82) is 0 Å². The lowest BCUT2D eigenvalue weighted by atomic mass is 9.99. The lowest BCUT2D eigenvalue weighted by Gasteiger charge is -2.39. The van der Waals surface area contributed by atoms with Gasteiger partial charge in [0.1, 0.15) is 42.5 Å². The molecule has 1 aliphatic rings. The molecule has 5 atom stereocenters. The van der Waals surface area contributed by atoms with Crippen LogP contribution in [0.15, 0.2) is 72.8 Å². The smallest absolute Gasteiger partial charge is 0.229 e. The van der Waals surface area contributed by atoms with Crippen LogP contribution >= 0.6 is 0 Å². The predicted octanol–water partition coefficient (Wildman–Crippen LogP) is 2.61. The van der Waals surface area contributed by atoms with Gasteiger partial charge in [-0.05, 0) is 41.3 Å². The van der Waals surface area contributed by atoms with Gasteiger partial charge in [-0.1, -0.05) is 61.5 Å². The van der Waals surface area contributed by atoms with Crippen LogP contribution in [0.2, 0.25) is 0 Å². The zero-order valence-electron chi connectivity index (χ0n) is 21.5. The molecular weight excluding hydrogens is 488 g/mol. The van der Waals surface area contributed by atoms with Gasteiger partial charge in [0.05, 0.1) is 19.8 Å². The molecular formula is C30H36O8. The van der Waals surface area contributed by atoms with Crippen molar-refractivity contribution >= 4 is 0 Å². The van der Waals surface area contributed by atoms with Crippen LogP contribution in [0, 0.1) is 0 Å². The van der Waals surface area contributed by atoms with Crippen LogP contribution in [-0.2, 0) is 28.9 Å². The Bertz CT molecular complexity index is 1120. The maximum Gasteiger partial charge on any atom is 0.229 e. The molecule has 8 nitrogen and oxygen atoms in total. The highest BCUT2D eigenvalue weighted by Crippen LogP contribution is 2.31. The van der Waals surface area contributed by atoms with E-state index in [-0.39, 0.29) is 0 Å². The summed E-state index contributed by atoms with van der Waals surface area (Å²) >= 11 is 0. The molecule has 0 spiro atoms. The second kappa shape index (κ2) is 13.7. The number of hydrogen-bond donors (Lipinski definition) is 4. The second-order valence-corrected chi connectivity index (χ2v) is 9.32. The van der Waals surface area contributed by atoms with Gasteiger partial charge in [-0.25, -0.2) is 0 Å². The lowest BCUT2D eigenvalue weighted by Crippen LogP contribution is -2.60. The van der Waals surface area contributed by atoms with E-state index in [1.807, 2.05) is 36.4 Å². The molecule has 0 amide bonds. The number of ether oxygens (including phenoxy) is 4. The zero-order valence-corrected chi connectivity index (χ0v) is 21.5. The molecule has 3 aromatic rings. The quantitative estimate of drug-likeness (QED) is 0.267. The van der Waals surface area contributed by atoms with Crippen LogP contribution in [0.4, 0.5) is 0 Å². The number of benzene rings is 3. The van der Waals surface area contributed by atoms with E-state index in [1.165, 1.54) is 5.56 Å². The van der Waals surface area contributed by atoms with Crippen molar-refractivity contribution in [3.63, 3.8) is 0 Å². The van der Waals surface area contributed by atoms with Gasteiger partial charge in [0.15, 0.2) is 0 Å². The van der Waals surface area contributed by atoms with Crippen molar-refractivity contribution in [2.24, 2.45) is 0 Å². The predicted molar refractivity (Wildman–Crippen MR) is 141 cm³/mol. The fraction of sp³-hybridized carbons (Fsp3) is 0.400. The minimum Gasteiger partial charge on any atom is -0.491 e. The summed E-state index contributed by atoms with van der Waals surface area (Å²) in [6.45, 7) is 2.87. The van der Waals surface area contributed by atoms with Crippen LogP contribution in [0.25, 0.3) is 0 Å². The summed E-state index contributed by atoms with van der Waals surface area (Å²) in [7, 11) is 0. The molecule has 1 aliphatic heterocycles. The third-order valence-electron chi connectivity index (χ3n) is 6.56. The Morgan fingerprint density at radius 1 is 0.789 bits per heavy atom. The van der Waals surface area contributed by atoms with E-state index in [9.17, 15) is 20.4 Å². The number of aliphatic hydroxyl groups excluding tert-OH is 4. The molecule has 0 radical (unpaired) electrons. The first-order chi connectivity index (χ1) is 18.5. The van der Waals surface area contributed by atoms with E-state index in [0.29, 0.717) is 37.7 Å². The van der Waals surface area contributed by atoms with Gasteiger partial charge in [0.2, 0.25) is 6.29 Å². The molecule has 0 aliphatic carbocycles. The molecule has 204 valence electrons. The Labute approximate surface area is 223 Å². The molecule has 8 heteroatoms. The van der Waals surface area contributed by atoms with E-state index in [1.54, 1.807) is 12.1 Å². The number of hydrogen-bond acceptors (Lipinski definition) is 8. The second-order valence-electron chi connectivity index (χ2n) is 9.32. The van der Waals surface area contributed by atoms with Crippen LogP contribution < -0.4 is 9.47 Å². The highest BCUT2D eigenvalue weighted by molar-refractivity contribution is 5.43. The maximum atomic E-state index is 10.4. The first kappa shape index (κ1) is 28.0. The largest absolute Gasteiger partial charge is 0.491 e. The Hall–Kier alpha value is -2.98. The summed E-state index contributed by atoms with van der Waals surface area (Å²) in [6, 6.07) is 23.5.